The van der Waals surface area contributed by atoms with Gasteiger partial charge in [-0.2, -0.15) is 0 Å². The van der Waals surface area contributed by atoms with Crippen molar-refractivity contribution < 1.29 is 4.52 Å². The fourth-order valence-electron chi connectivity index (χ4n) is 1.39. The maximum absolute atomic E-state index is 4.98. The van der Waals surface area contributed by atoms with Gasteiger partial charge in [-0.05, 0) is 20.3 Å². The van der Waals surface area contributed by atoms with Gasteiger partial charge in [0.2, 0.25) is 0 Å². The predicted octanol–water partition coefficient (Wildman–Crippen LogP) is 1.95. The molecular formula is C10H15N3OS. The van der Waals surface area contributed by atoms with E-state index in [9.17, 15) is 0 Å². The Balaban J connectivity index is 1.93. The van der Waals surface area contributed by atoms with Crippen molar-refractivity contribution in [3.8, 4) is 0 Å². The molecule has 0 saturated carbocycles. The number of rotatable bonds is 2. The first-order valence-electron chi connectivity index (χ1n) is 5.10. The molecule has 1 aliphatic rings. The molecule has 2 heterocycles. The number of nitrogens with zero attached hydrogens (tertiary/aromatic N) is 2. The van der Waals surface area contributed by atoms with Crippen molar-refractivity contribution in [1.29, 1.82) is 0 Å². The van der Waals surface area contributed by atoms with Gasteiger partial charge >= 0.3 is 0 Å². The van der Waals surface area contributed by atoms with E-state index >= 15 is 0 Å². The minimum Gasteiger partial charge on any atom is -0.362 e. The predicted molar refractivity (Wildman–Crippen MR) is 62.1 cm³/mol. The molecule has 2 rings (SSSR count). The van der Waals surface area contributed by atoms with Crippen LogP contribution >= 0.6 is 11.8 Å². The molecule has 0 spiro atoms. The Hall–Kier alpha value is -0.970. The van der Waals surface area contributed by atoms with E-state index in [0.29, 0.717) is 12.6 Å². The molecule has 0 aliphatic carbocycles. The van der Waals surface area contributed by atoms with Gasteiger partial charge in [-0.15, -0.1) is 0 Å². The summed E-state index contributed by atoms with van der Waals surface area (Å²) in [5, 5.41) is 8.27. The zero-order valence-electron chi connectivity index (χ0n) is 8.99. The summed E-state index contributed by atoms with van der Waals surface area (Å²) < 4.78 is 4.98. The van der Waals surface area contributed by atoms with E-state index in [0.717, 1.165) is 22.4 Å². The lowest BCUT2D eigenvalue weighted by molar-refractivity contribution is 0.391. The number of aromatic nitrogens is 1. The van der Waals surface area contributed by atoms with Crippen molar-refractivity contribution >= 4 is 16.9 Å². The second-order valence-electron chi connectivity index (χ2n) is 3.73. The lowest BCUT2D eigenvalue weighted by Gasteiger charge is -2.21. The summed E-state index contributed by atoms with van der Waals surface area (Å²) in [4.78, 5) is 4.46. The fourth-order valence-corrected chi connectivity index (χ4v) is 2.50. The number of aliphatic imine (C=N–C) groups is 1. The lowest BCUT2D eigenvalue weighted by Crippen LogP contribution is -2.35. The Labute approximate surface area is 93.5 Å². The maximum atomic E-state index is 4.98. The van der Waals surface area contributed by atoms with Gasteiger partial charge < -0.3 is 9.84 Å². The normalized spacial score (nSPS) is 24.1. The van der Waals surface area contributed by atoms with Crippen LogP contribution in [0, 0.1) is 6.92 Å². The molecule has 0 bridgehead atoms. The van der Waals surface area contributed by atoms with Crippen molar-refractivity contribution in [3.05, 3.63) is 17.5 Å². The van der Waals surface area contributed by atoms with Gasteiger partial charge in [0.25, 0.3) is 0 Å². The molecule has 1 aromatic rings. The first kappa shape index (κ1) is 10.5. The van der Waals surface area contributed by atoms with Crippen LogP contribution in [0.1, 0.15) is 24.8 Å². The second kappa shape index (κ2) is 4.70. The maximum Gasteiger partial charge on any atom is 0.157 e. The fraction of sp³-hybridized carbons (Fsp3) is 0.600. The largest absolute Gasteiger partial charge is 0.362 e. The van der Waals surface area contributed by atoms with Crippen molar-refractivity contribution in [2.45, 2.75) is 32.9 Å². The molecule has 1 aliphatic heterocycles. The van der Waals surface area contributed by atoms with E-state index in [1.165, 1.54) is 6.42 Å². The molecule has 0 aromatic carbocycles. The summed E-state index contributed by atoms with van der Waals surface area (Å²) in [7, 11) is 0. The van der Waals surface area contributed by atoms with E-state index in [1.807, 2.05) is 13.0 Å². The Kier molecular flexibility index (Phi) is 3.30. The number of hydrogen-bond acceptors (Lipinski definition) is 4. The lowest BCUT2D eigenvalue weighted by atomic mass is 10.3. The molecule has 1 aromatic heterocycles. The zero-order chi connectivity index (χ0) is 10.7. The summed E-state index contributed by atoms with van der Waals surface area (Å²) in [6.45, 7) is 4.66. The first-order valence-corrected chi connectivity index (χ1v) is 6.08. The van der Waals surface area contributed by atoms with Crippen LogP contribution in [0.3, 0.4) is 0 Å². The monoisotopic (exact) mass is 225 g/mol. The summed E-state index contributed by atoms with van der Waals surface area (Å²) in [5.41, 5.74) is 0.889. The van der Waals surface area contributed by atoms with Crippen molar-refractivity contribution in [1.82, 2.24) is 10.5 Å². The van der Waals surface area contributed by atoms with Crippen molar-refractivity contribution in [2.24, 2.45) is 4.99 Å². The van der Waals surface area contributed by atoms with E-state index in [-0.39, 0.29) is 0 Å². The van der Waals surface area contributed by atoms with Crippen molar-refractivity contribution in [3.63, 3.8) is 0 Å². The minimum atomic E-state index is 0.532. The third-order valence-electron chi connectivity index (χ3n) is 2.22. The molecule has 0 radical (unpaired) electrons. The Morgan fingerprint density at radius 3 is 3.27 bits per heavy atom. The molecule has 5 heteroatoms. The van der Waals surface area contributed by atoms with Crippen LogP contribution in [0.5, 0.6) is 0 Å². The number of hydrogen-bond donors (Lipinski definition) is 1. The summed E-state index contributed by atoms with van der Waals surface area (Å²) in [6.07, 6.45) is 1.20. The number of nitrogens with one attached hydrogen (secondary N) is 1. The third-order valence-corrected chi connectivity index (χ3v) is 3.18. The highest BCUT2D eigenvalue weighted by molar-refractivity contribution is 8.13. The molecule has 82 valence electrons. The number of aryl methyl sites for hydroxylation is 1. The third kappa shape index (κ3) is 2.99. The Morgan fingerprint density at radius 2 is 2.60 bits per heavy atom. The van der Waals surface area contributed by atoms with E-state index in [1.54, 1.807) is 11.8 Å². The second-order valence-corrected chi connectivity index (χ2v) is 4.82. The Morgan fingerprint density at radius 1 is 1.73 bits per heavy atom. The molecule has 1 unspecified atom stereocenters. The molecule has 15 heavy (non-hydrogen) atoms. The molecular weight excluding hydrogens is 210 g/mol. The smallest absolute Gasteiger partial charge is 0.157 e. The van der Waals surface area contributed by atoms with Crippen LogP contribution < -0.4 is 5.32 Å². The number of amidine groups is 1. The van der Waals surface area contributed by atoms with Crippen LogP contribution in [0.25, 0.3) is 0 Å². The Bertz CT molecular complexity index is 361. The quantitative estimate of drug-likeness (QED) is 0.836. The van der Waals surface area contributed by atoms with Gasteiger partial charge in [-0.1, -0.05) is 16.9 Å². The van der Waals surface area contributed by atoms with E-state index in [2.05, 4.69) is 22.4 Å². The molecule has 0 amide bonds. The van der Waals surface area contributed by atoms with Gasteiger partial charge in [0.15, 0.2) is 5.17 Å². The molecule has 1 saturated heterocycles. The van der Waals surface area contributed by atoms with Crippen LogP contribution in [-0.4, -0.2) is 22.1 Å². The standard InChI is InChI=1S/C10H15N3OS/c1-7-3-4-15-10(12-7)11-6-9-5-8(2)14-13-9/h5,7H,3-4,6H2,1-2H3,(H,11,12). The van der Waals surface area contributed by atoms with Crippen LogP contribution in [0.15, 0.2) is 15.6 Å². The van der Waals surface area contributed by atoms with Gasteiger partial charge in [0.1, 0.15) is 11.5 Å². The average Bonchev–Trinajstić information content (AvgIpc) is 2.62. The van der Waals surface area contributed by atoms with Gasteiger partial charge in [0.05, 0.1) is 6.54 Å². The van der Waals surface area contributed by atoms with Gasteiger partial charge in [0, 0.05) is 17.9 Å². The molecule has 1 atom stereocenters. The van der Waals surface area contributed by atoms with Gasteiger partial charge in [-0.25, -0.2) is 0 Å². The van der Waals surface area contributed by atoms with Crippen LogP contribution in [0.4, 0.5) is 0 Å². The summed E-state index contributed by atoms with van der Waals surface area (Å²) >= 11 is 1.77. The first-order chi connectivity index (χ1) is 7.24. The SMILES string of the molecule is Cc1cc(CN=C2NC(C)CCS2)no1. The van der Waals surface area contributed by atoms with E-state index in [4.69, 9.17) is 4.52 Å². The summed E-state index contributed by atoms with van der Waals surface area (Å²) in [5.74, 6) is 1.98. The number of thioether (sulfide) groups is 1. The topological polar surface area (TPSA) is 50.4 Å². The highest BCUT2D eigenvalue weighted by atomic mass is 32.2. The van der Waals surface area contributed by atoms with Crippen molar-refractivity contribution in [2.75, 3.05) is 5.75 Å². The van der Waals surface area contributed by atoms with E-state index < -0.39 is 0 Å². The van der Waals surface area contributed by atoms with Gasteiger partial charge in [-0.3, -0.25) is 4.99 Å². The minimum absolute atomic E-state index is 0.532. The summed E-state index contributed by atoms with van der Waals surface area (Å²) in [6, 6.07) is 2.45. The average molecular weight is 225 g/mol. The zero-order valence-corrected chi connectivity index (χ0v) is 9.80. The highest BCUT2D eigenvalue weighted by Crippen LogP contribution is 2.14. The molecule has 4 nitrogen and oxygen atoms in total. The molecule has 1 N–H and O–H groups in total. The van der Waals surface area contributed by atoms with Crippen LogP contribution in [-0.2, 0) is 6.54 Å². The highest BCUT2D eigenvalue weighted by Gasteiger charge is 2.12. The molecule has 1 fully saturated rings. The van der Waals surface area contributed by atoms with Crippen LogP contribution in [0.2, 0.25) is 0 Å².